The van der Waals surface area contributed by atoms with Gasteiger partial charge in [0.1, 0.15) is 5.75 Å². The van der Waals surface area contributed by atoms with E-state index in [9.17, 15) is 13.2 Å². The first-order valence-corrected chi connectivity index (χ1v) is 12.2. The molecule has 170 valence electrons. The summed E-state index contributed by atoms with van der Waals surface area (Å²) in [7, 11) is -2.03. The van der Waals surface area contributed by atoms with E-state index >= 15 is 0 Å². The number of rotatable bonds is 7. The zero-order valence-corrected chi connectivity index (χ0v) is 19.5. The van der Waals surface area contributed by atoms with Gasteiger partial charge in [-0.05, 0) is 68.7 Å². The number of hydrogen-bond donors (Lipinski definition) is 0. The van der Waals surface area contributed by atoms with E-state index in [4.69, 9.17) is 10.00 Å². The van der Waals surface area contributed by atoms with Crippen molar-refractivity contribution in [1.29, 1.82) is 5.26 Å². The molecule has 0 spiro atoms. The molecular weight excluding hydrogens is 426 g/mol. The van der Waals surface area contributed by atoms with Crippen LogP contribution in [-0.2, 0) is 14.8 Å². The fourth-order valence-electron chi connectivity index (χ4n) is 4.13. The van der Waals surface area contributed by atoms with Crippen LogP contribution >= 0.6 is 0 Å². The number of carbonyl (C=O) groups excluding carboxylic acids is 1. The highest BCUT2D eigenvalue weighted by Gasteiger charge is 2.34. The van der Waals surface area contributed by atoms with Crippen LogP contribution in [0, 0.1) is 17.2 Å². The number of carbonyl (C=O) groups is 1. The Balaban J connectivity index is 1.67. The quantitative estimate of drug-likeness (QED) is 0.636. The molecule has 0 saturated carbocycles. The number of sulfonamides is 1. The summed E-state index contributed by atoms with van der Waals surface area (Å²) >= 11 is 0. The molecule has 1 amide bonds. The molecule has 7 nitrogen and oxygen atoms in total. The molecule has 1 heterocycles. The lowest BCUT2D eigenvalue weighted by Gasteiger charge is -2.36. The van der Waals surface area contributed by atoms with Crippen LogP contribution in [0.2, 0.25) is 0 Å². The molecule has 3 rings (SSSR count). The number of nitriles is 1. The number of amides is 1. The topological polar surface area (TPSA) is 90.7 Å². The predicted molar refractivity (Wildman–Crippen MR) is 121 cm³/mol. The van der Waals surface area contributed by atoms with Gasteiger partial charge in [-0.3, -0.25) is 4.79 Å². The first-order valence-electron chi connectivity index (χ1n) is 10.8. The van der Waals surface area contributed by atoms with Gasteiger partial charge in [0, 0.05) is 25.6 Å². The van der Waals surface area contributed by atoms with Crippen LogP contribution in [0.5, 0.6) is 5.75 Å². The number of piperidine rings is 1. The summed E-state index contributed by atoms with van der Waals surface area (Å²) in [5.41, 5.74) is 1.42. The summed E-state index contributed by atoms with van der Waals surface area (Å²) < 4.78 is 32.6. The summed E-state index contributed by atoms with van der Waals surface area (Å²) in [5.74, 6) is 0.591. The summed E-state index contributed by atoms with van der Waals surface area (Å²) in [6.07, 6.45) is 0.964. The van der Waals surface area contributed by atoms with E-state index in [0.717, 1.165) is 11.3 Å². The Morgan fingerprint density at radius 3 is 2.44 bits per heavy atom. The van der Waals surface area contributed by atoms with Crippen LogP contribution < -0.4 is 4.74 Å². The van der Waals surface area contributed by atoms with Gasteiger partial charge in [-0.25, -0.2) is 8.42 Å². The summed E-state index contributed by atoms with van der Waals surface area (Å²) in [6.45, 7) is 5.12. The monoisotopic (exact) mass is 455 g/mol. The van der Waals surface area contributed by atoms with Crippen LogP contribution in [0.1, 0.15) is 43.9 Å². The van der Waals surface area contributed by atoms with Crippen LogP contribution in [0.4, 0.5) is 0 Å². The average Bonchev–Trinajstić information content (AvgIpc) is 2.84. The van der Waals surface area contributed by atoms with Crippen LogP contribution in [0.3, 0.4) is 0 Å². The van der Waals surface area contributed by atoms with E-state index in [-0.39, 0.29) is 22.8 Å². The highest BCUT2D eigenvalue weighted by molar-refractivity contribution is 7.89. The van der Waals surface area contributed by atoms with Crippen molar-refractivity contribution in [2.45, 2.75) is 37.6 Å². The minimum absolute atomic E-state index is 0.0539. The van der Waals surface area contributed by atoms with E-state index in [1.807, 2.05) is 49.1 Å². The summed E-state index contributed by atoms with van der Waals surface area (Å²) in [5, 5.41) is 8.91. The highest BCUT2D eigenvalue weighted by Crippen LogP contribution is 2.29. The number of benzene rings is 2. The van der Waals surface area contributed by atoms with Gasteiger partial charge in [0.25, 0.3) is 0 Å². The van der Waals surface area contributed by atoms with Gasteiger partial charge in [0.2, 0.25) is 15.9 Å². The number of nitrogens with zero attached hydrogens (tertiary/aromatic N) is 3. The van der Waals surface area contributed by atoms with E-state index in [0.29, 0.717) is 38.0 Å². The molecule has 0 bridgehead atoms. The van der Waals surface area contributed by atoms with Crippen LogP contribution in [-0.4, -0.2) is 50.3 Å². The predicted octanol–water partition coefficient (Wildman–Crippen LogP) is 3.58. The Morgan fingerprint density at radius 2 is 1.88 bits per heavy atom. The third-order valence-electron chi connectivity index (χ3n) is 6.09. The van der Waals surface area contributed by atoms with Gasteiger partial charge < -0.3 is 9.64 Å². The minimum Gasteiger partial charge on any atom is -0.497 e. The van der Waals surface area contributed by atoms with E-state index < -0.39 is 10.0 Å². The van der Waals surface area contributed by atoms with Crippen molar-refractivity contribution in [2.75, 3.05) is 26.7 Å². The molecule has 2 aromatic rings. The standard InChI is InChI=1S/C24H29N3O4S/c1-4-27(18(2)21-6-5-7-22(16-21)31-3)24(28)20-12-14-26(15-13-20)32(29,30)23-10-8-19(17-25)9-11-23/h5-11,16,18,20H,4,12-15H2,1-3H3. The molecule has 1 aliphatic heterocycles. The largest absolute Gasteiger partial charge is 0.497 e. The molecule has 1 saturated heterocycles. The maximum atomic E-state index is 13.3. The zero-order valence-electron chi connectivity index (χ0n) is 18.7. The molecule has 0 N–H and O–H groups in total. The molecule has 1 fully saturated rings. The molecule has 2 aromatic carbocycles. The lowest BCUT2D eigenvalue weighted by molar-refractivity contribution is -0.138. The third kappa shape index (κ3) is 4.95. The first-order chi connectivity index (χ1) is 15.3. The molecular formula is C24H29N3O4S. The van der Waals surface area contributed by atoms with Gasteiger partial charge >= 0.3 is 0 Å². The van der Waals surface area contributed by atoms with Gasteiger partial charge in [-0.15, -0.1) is 0 Å². The maximum Gasteiger partial charge on any atom is 0.243 e. The van der Waals surface area contributed by atoms with Crippen molar-refractivity contribution in [1.82, 2.24) is 9.21 Å². The average molecular weight is 456 g/mol. The van der Waals surface area contributed by atoms with Crippen molar-refractivity contribution in [3.63, 3.8) is 0 Å². The molecule has 0 aliphatic carbocycles. The Kier molecular flexibility index (Phi) is 7.54. The molecule has 8 heteroatoms. The Bertz CT molecular complexity index is 1080. The number of methoxy groups -OCH3 is 1. The van der Waals surface area contributed by atoms with Crippen LogP contribution in [0.15, 0.2) is 53.4 Å². The zero-order chi connectivity index (χ0) is 23.3. The van der Waals surface area contributed by atoms with Gasteiger partial charge in [-0.2, -0.15) is 9.57 Å². The second-order valence-electron chi connectivity index (χ2n) is 7.89. The minimum atomic E-state index is -3.64. The van der Waals surface area contributed by atoms with Crippen molar-refractivity contribution >= 4 is 15.9 Å². The second kappa shape index (κ2) is 10.2. The highest BCUT2D eigenvalue weighted by atomic mass is 32.2. The Labute approximate surface area is 190 Å². The smallest absolute Gasteiger partial charge is 0.243 e. The fourth-order valence-corrected chi connectivity index (χ4v) is 5.60. The molecule has 0 aromatic heterocycles. The van der Waals surface area contributed by atoms with Gasteiger partial charge in [0.05, 0.1) is 29.7 Å². The third-order valence-corrected chi connectivity index (χ3v) is 8.00. The number of ether oxygens (including phenoxy) is 1. The molecule has 32 heavy (non-hydrogen) atoms. The van der Waals surface area contributed by atoms with E-state index in [2.05, 4.69) is 0 Å². The molecule has 1 aliphatic rings. The van der Waals surface area contributed by atoms with Gasteiger partial charge in [0.15, 0.2) is 0 Å². The fraction of sp³-hybridized carbons (Fsp3) is 0.417. The van der Waals surface area contributed by atoms with Crippen LogP contribution in [0.25, 0.3) is 0 Å². The van der Waals surface area contributed by atoms with Crippen molar-refractivity contribution in [2.24, 2.45) is 5.92 Å². The summed E-state index contributed by atoms with van der Waals surface area (Å²) in [6, 6.07) is 15.5. The maximum absolute atomic E-state index is 13.3. The molecule has 1 atom stereocenters. The SMILES string of the molecule is CCN(C(=O)C1CCN(S(=O)(=O)c2ccc(C#N)cc2)CC1)C(C)c1cccc(OC)c1. The van der Waals surface area contributed by atoms with E-state index in [1.54, 1.807) is 7.11 Å². The number of hydrogen-bond acceptors (Lipinski definition) is 5. The van der Waals surface area contributed by atoms with Gasteiger partial charge in [-0.1, -0.05) is 12.1 Å². The van der Waals surface area contributed by atoms with E-state index in [1.165, 1.54) is 28.6 Å². The Morgan fingerprint density at radius 1 is 1.22 bits per heavy atom. The van der Waals surface area contributed by atoms with Crippen molar-refractivity contribution in [3.05, 3.63) is 59.7 Å². The lowest BCUT2D eigenvalue weighted by atomic mass is 9.95. The first kappa shape index (κ1) is 23.8. The van der Waals surface area contributed by atoms with Crippen molar-refractivity contribution in [3.8, 4) is 11.8 Å². The normalized spacial score (nSPS) is 16.2. The molecule has 1 unspecified atom stereocenters. The lowest BCUT2D eigenvalue weighted by Crippen LogP contribution is -2.45. The Hall–Kier alpha value is -2.89. The second-order valence-corrected chi connectivity index (χ2v) is 9.83. The van der Waals surface area contributed by atoms with Crippen molar-refractivity contribution < 1.29 is 17.9 Å². The molecule has 0 radical (unpaired) electrons. The summed E-state index contributed by atoms with van der Waals surface area (Å²) in [4.78, 5) is 15.3.